The molecule has 88 valence electrons. The number of nitrogens with two attached hydrogens (primary N) is 1. The predicted molar refractivity (Wildman–Crippen MR) is 73.8 cm³/mol. The minimum atomic E-state index is 0.615. The van der Waals surface area contributed by atoms with Crippen LogP contribution in [0.4, 0.5) is 11.4 Å². The normalized spacial score (nSPS) is 25.8. The lowest BCUT2D eigenvalue weighted by molar-refractivity contribution is 0.414. The van der Waals surface area contributed by atoms with E-state index in [0.29, 0.717) is 12.1 Å². The van der Waals surface area contributed by atoms with Crippen molar-refractivity contribution in [1.29, 1.82) is 0 Å². The SMILES string of the molecule is C[C@@H]1CCC[C@@H](C)N1c1ccc(N)cc1Br. The average molecular weight is 283 g/mol. The Bertz CT molecular complexity index is 368. The Labute approximate surface area is 106 Å². The van der Waals surface area contributed by atoms with Gasteiger partial charge in [0.05, 0.1) is 5.69 Å². The molecular formula is C13H19BrN2. The van der Waals surface area contributed by atoms with Gasteiger partial charge in [-0.25, -0.2) is 0 Å². The van der Waals surface area contributed by atoms with E-state index in [4.69, 9.17) is 5.73 Å². The standard InChI is InChI=1S/C13H19BrN2/c1-9-4-3-5-10(2)16(9)13-7-6-11(15)8-12(13)14/h6-10H,3-5,15H2,1-2H3/t9-,10-/m1/s1. The molecule has 1 fully saturated rings. The third-order valence-electron chi connectivity index (χ3n) is 3.44. The van der Waals surface area contributed by atoms with Crippen LogP contribution in [0.15, 0.2) is 22.7 Å². The molecule has 1 aliphatic heterocycles. The highest BCUT2D eigenvalue weighted by atomic mass is 79.9. The van der Waals surface area contributed by atoms with Gasteiger partial charge in [-0.1, -0.05) is 0 Å². The lowest BCUT2D eigenvalue weighted by Crippen LogP contribution is -2.44. The molecule has 1 aliphatic rings. The zero-order valence-electron chi connectivity index (χ0n) is 9.91. The highest BCUT2D eigenvalue weighted by Gasteiger charge is 2.25. The van der Waals surface area contributed by atoms with Crippen LogP contribution in [0.25, 0.3) is 0 Å². The van der Waals surface area contributed by atoms with Crippen molar-refractivity contribution < 1.29 is 0 Å². The molecule has 0 bridgehead atoms. The zero-order valence-corrected chi connectivity index (χ0v) is 11.5. The molecule has 2 N–H and O–H groups in total. The van der Waals surface area contributed by atoms with E-state index in [1.807, 2.05) is 12.1 Å². The number of rotatable bonds is 1. The van der Waals surface area contributed by atoms with E-state index in [0.717, 1.165) is 10.2 Å². The number of piperidine rings is 1. The maximum Gasteiger partial charge on any atom is 0.0517 e. The average Bonchev–Trinajstić information content (AvgIpc) is 2.20. The quantitative estimate of drug-likeness (QED) is 0.794. The van der Waals surface area contributed by atoms with Crippen LogP contribution in [0.2, 0.25) is 0 Å². The minimum absolute atomic E-state index is 0.615. The molecule has 3 heteroatoms. The third kappa shape index (κ3) is 2.19. The van der Waals surface area contributed by atoms with Gasteiger partial charge in [0.1, 0.15) is 0 Å². The second-order valence-corrected chi connectivity index (χ2v) is 5.60. The van der Waals surface area contributed by atoms with Gasteiger partial charge in [-0.3, -0.25) is 0 Å². The second kappa shape index (κ2) is 4.66. The molecule has 0 spiro atoms. The van der Waals surface area contributed by atoms with E-state index in [2.05, 4.69) is 40.7 Å². The van der Waals surface area contributed by atoms with E-state index in [9.17, 15) is 0 Å². The maximum absolute atomic E-state index is 5.78. The summed E-state index contributed by atoms with van der Waals surface area (Å²) >= 11 is 3.62. The smallest absolute Gasteiger partial charge is 0.0517 e. The second-order valence-electron chi connectivity index (χ2n) is 4.75. The van der Waals surface area contributed by atoms with Gasteiger partial charge >= 0.3 is 0 Å². The van der Waals surface area contributed by atoms with Crippen LogP contribution >= 0.6 is 15.9 Å². The number of benzene rings is 1. The largest absolute Gasteiger partial charge is 0.399 e. The Kier molecular flexibility index (Phi) is 3.43. The summed E-state index contributed by atoms with van der Waals surface area (Å²) in [4.78, 5) is 2.51. The highest BCUT2D eigenvalue weighted by Crippen LogP contribution is 2.35. The van der Waals surface area contributed by atoms with E-state index in [1.54, 1.807) is 0 Å². The van der Waals surface area contributed by atoms with Crippen molar-refractivity contribution in [3.05, 3.63) is 22.7 Å². The van der Waals surface area contributed by atoms with Crippen molar-refractivity contribution in [2.75, 3.05) is 10.6 Å². The Balaban J connectivity index is 2.34. The molecule has 1 aromatic carbocycles. The number of nitrogen functional groups attached to an aromatic ring is 1. The zero-order chi connectivity index (χ0) is 11.7. The van der Waals surface area contributed by atoms with Gasteiger partial charge in [0.15, 0.2) is 0 Å². The van der Waals surface area contributed by atoms with E-state index in [-0.39, 0.29) is 0 Å². The molecule has 0 aliphatic carbocycles. The van der Waals surface area contributed by atoms with Gasteiger partial charge in [-0.05, 0) is 67.2 Å². The van der Waals surface area contributed by atoms with Gasteiger partial charge in [-0.2, -0.15) is 0 Å². The molecule has 1 heterocycles. The Morgan fingerprint density at radius 2 is 1.88 bits per heavy atom. The summed E-state index contributed by atoms with van der Waals surface area (Å²) in [5.74, 6) is 0. The molecule has 0 radical (unpaired) electrons. The van der Waals surface area contributed by atoms with Crippen LogP contribution < -0.4 is 10.6 Å². The van der Waals surface area contributed by atoms with Crippen molar-refractivity contribution in [2.45, 2.75) is 45.2 Å². The lowest BCUT2D eigenvalue weighted by Gasteiger charge is -2.41. The number of hydrogen-bond acceptors (Lipinski definition) is 2. The Morgan fingerprint density at radius 3 is 2.44 bits per heavy atom. The van der Waals surface area contributed by atoms with E-state index >= 15 is 0 Å². The molecular weight excluding hydrogens is 264 g/mol. The summed E-state index contributed by atoms with van der Waals surface area (Å²) in [6, 6.07) is 7.32. The van der Waals surface area contributed by atoms with Crippen molar-refractivity contribution in [3.8, 4) is 0 Å². The number of halogens is 1. The van der Waals surface area contributed by atoms with Gasteiger partial charge < -0.3 is 10.6 Å². The summed E-state index contributed by atoms with van der Waals surface area (Å²) in [5, 5.41) is 0. The maximum atomic E-state index is 5.78. The molecule has 0 unspecified atom stereocenters. The first-order chi connectivity index (χ1) is 7.59. The van der Waals surface area contributed by atoms with Crippen molar-refractivity contribution in [3.63, 3.8) is 0 Å². The summed E-state index contributed by atoms with van der Waals surface area (Å²) in [6.45, 7) is 4.61. The van der Waals surface area contributed by atoms with Crippen molar-refractivity contribution >= 4 is 27.3 Å². The Morgan fingerprint density at radius 1 is 1.25 bits per heavy atom. The van der Waals surface area contributed by atoms with Gasteiger partial charge in [0, 0.05) is 22.2 Å². The van der Waals surface area contributed by atoms with Gasteiger partial charge in [-0.15, -0.1) is 0 Å². The van der Waals surface area contributed by atoms with Crippen LogP contribution in [-0.4, -0.2) is 12.1 Å². The molecule has 0 aromatic heterocycles. The first-order valence-electron chi connectivity index (χ1n) is 5.93. The molecule has 2 nitrogen and oxygen atoms in total. The Hall–Kier alpha value is -0.700. The summed E-state index contributed by atoms with van der Waals surface area (Å²) in [7, 11) is 0. The van der Waals surface area contributed by atoms with Crippen LogP contribution in [-0.2, 0) is 0 Å². The fraction of sp³-hybridized carbons (Fsp3) is 0.538. The van der Waals surface area contributed by atoms with Crippen LogP contribution in [0.5, 0.6) is 0 Å². The third-order valence-corrected chi connectivity index (χ3v) is 4.08. The van der Waals surface area contributed by atoms with Crippen LogP contribution in [0.1, 0.15) is 33.1 Å². The topological polar surface area (TPSA) is 29.3 Å². The molecule has 2 rings (SSSR count). The highest BCUT2D eigenvalue weighted by molar-refractivity contribution is 9.10. The summed E-state index contributed by atoms with van der Waals surface area (Å²) in [5.41, 5.74) is 7.86. The fourth-order valence-corrected chi connectivity index (χ4v) is 3.23. The van der Waals surface area contributed by atoms with Gasteiger partial charge in [0.2, 0.25) is 0 Å². The monoisotopic (exact) mass is 282 g/mol. The molecule has 2 atom stereocenters. The minimum Gasteiger partial charge on any atom is -0.399 e. The molecule has 1 aromatic rings. The number of nitrogens with zero attached hydrogens (tertiary/aromatic N) is 1. The van der Waals surface area contributed by atoms with Crippen LogP contribution in [0.3, 0.4) is 0 Å². The number of hydrogen-bond donors (Lipinski definition) is 1. The first kappa shape index (κ1) is 11.8. The van der Waals surface area contributed by atoms with Crippen molar-refractivity contribution in [1.82, 2.24) is 0 Å². The predicted octanol–water partition coefficient (Wildman–Crippen LogP) is 3.80. The van der Waals surface area contributed by atoms with Crippen LogP contribution in [0, 0.1) is 0 Å². The molecule has 0 saturated carbocycles. The fourth-order valence-electron chi connectivity index (χ4n) is 2.63. The first-order valence-corrected chi connectivity index (χ1v) is 6.72. The van der Waals surface area contributed by atoms with Crippen molar-refractivity contribution in [2.24, 2.45) is 0 Å². The van der Waals surface area contributed by atoms with E-state index < -0.39 is 0 Å². The van der Waals surface area contributed by atoms with E-state index in [1.165, 1.54) is 24.9 Å². The number of anilines is 2. The molecule has 1 saturated heterocycles. The molecule has 16 heavy (non-hydrogen) atoms. The van der Waals surface area contributed by atoms with Gasteiger partial charge in [0.25, 0.3) is 0 Å². The summed E-state index contributed by atoms with van der Waals surface area (Å²) < 4.78 is 1.10. The lowest BCUT2D eigenvalue weighted by atomic mass is 9.96. The molecule has 0 amide bonds. The summed E-state index contributed by atoms with van der Waals surface area (Å²) in [6.07, 6.45) is 3.90.